The quantitative estimate of drug-likeness (QED) is 0.343. The van der Waals surface area contributed by atoms with E-state index in [9.17, 15) is 0 Å². The highest BCUT2D eigenvalue weighted by molar-refractivity contribution is 14.0. The van der Waals surface area contributed by atoms with Gasteiger partial charge in [0.25, 0.3) is 0 Å². The van der Waals surface area contributed by atoms with Crippen LogP contribution in [0.3, 0.4) is 0 Å². The smallest absolute Gasteiger partial charge is 0.191 e. The minimum atomic E-state index is 0. The molecule has 0 spiro atoms. The van der Waals surface area contributed by atoms with Crippen LogP contribution in [0.15, 0.2) is 22.5 Å². The molecule has 1 atom stereocenters. The number of nitrogens with zero attached hydrogens (tertiary/aromatic N) is 2. The highest BCUT2D eigenvalue weighted by Gasteiger charge is 2.20. The maximum absolute atomic E-state index is 4.33. The molecule has 0 fully saturated rings. The van der Waals surface area contributed by atoms with Crippen LogP contribution in [0.1, 0.15) is 31.6 Å². The monoisotopic (exact) mass is 452 g/mol. The first-order valence-corrected chi connectivity index (χ1v) is 9.13. The molecule has 134 valence electrons. The Balaban J connectivity index is 0.00000484. The lowest BCUT2D eigenvalue weighted by Crippen LogP contribution is -2.48. The summed E-state index contributed by atoms with van der Waals surface area (Å²) in [5.74, 6) is 1.61. The van der Waals surface area contributed by atoms with Crippen molar-refractivity contribution in [3.05, 3.63) is 22.4 Å². The number of nitrogens with one attached hydrogen (secondary N) is 2. The van der Waals surface area contributed by atoms with E-state index < -0.39 is 0 Å². The van der Waals surface area contributed by atoms with Crippen molar-refractivity contribution in [3.8, 4) is 0 Å². The first-order valence-electron chi connectivity index (χ1n) is 8.25. The molecule has 23 heavy (non-hydrogen) atoms. The SMILES string of the molecule is CCC(CC)C(CNC(=NC)NCCc1cccs1)N(C)C.I. The fraction of sp³-hybridized carbons (Fsp3) is 0.706. The van der Waals surface area contributed by atoms with Crippen LogP contribution < -0.4 is 10.6 Å². The molecule has 0 aromatic carbocycles. The van der Waals surface area contributed by atoms with Crippen molar-refractivity contribution in [1.29, 1.82) is 0 Å². The van der Waals surface area contributed by atoms with Crippen LogP contribution in [0, 0.1) is 5.92 Å². The van der Waals surface area contributed by atoms with E-state index in [1.165, 1.54) is 17.7 Å². The number of thiophene rings is 1. The van der Waals surface area contributed by atoms with Crippen LogP contribution in [0.4, 0.5) is 0 Å². The zero-order valence-corrected chi connectivity index (χ0v) is 18.3. The Morgan fingerprint density at radius 2 is 1.96 bits per heavy atom. The summed E-state index contributed by atoms with van der Waals surface area (Å²) in [6.45, 7) is 6.40. The minimum Gasteiger partial charge on any atom is -0.356 e. The van der Waals surface area contributed by atoms with E-state index in [0.29, 0.717) is 12.0 Å². The molecule has 0 radical (unpaired) electrons. The van der Waals surface area contributed by atoms with Gasteiger partial charge < -0.3 is 15.5 Å². The third kappa shape index (κ3) is 8.35. The van der Waals surface area contributed by atoms with Crippen LogP contribution in [-0.4, -0.2) is 51.1 Å². The van der Waals surface area contributed by atoms with Crippen LogP contribution in [0.25, 0.3) is 0 Å². The van der Waals surface area contributed by atoms with Gasteiger partial charge in [0.05, 0.1) is 0 Å². The third-order valence-electron chi connectivity index (χ3n) is 4.20. The molecule has 0 aliphatic heterocycles. The van der Waals surface area contributed by atoms with Crippen molar-refractivity contribution in [1.82, 2.24) is 15.5 Å². The van der Waals surface area contributed by atoms with E-state index in [1.54, 1.807) is 0 Å². The number of hydrogen-bond acceptors (Lipinski definition) is 3. The minimum absolute atomic E-state index is 0. The zero-order valence-electron chi connectivity index (χ0n) is 15.1. The standard InChI is InChI=1S/C17H32N4S.HI/c1-6-14(7-2)16(21(4)5)13-20-17(18-3)19-11-10-15-9-8-12-22-15;/h8-9,12,14,16H,6-7,10-11,13H2,1-5H3,(H2,18,19,20);1H. The first-order chi connectivity index (χ1) is 10.6. The van der Waals surface area contributed by atoms with Gasteiger partial charge >= 0.3 is 0 Å². The Hall–Kier alpha value is -0.340. The fourth-order valence-corrected chi connectivity index (χ4v) is 3.49. The van der Waals surface area contributed by atoms with Gasteiger partial charge in [-0.05, 0) is 37.9 Å². The Labute approximate surface area is 163 Å². The highest BCUT2D eigenvalue weighted by Crippen LogP contribution is 2.16. The van der Waals surface area contributed by atoms with Gasteiger partial charge in [-0.2, -0.15) is 0 Å². The van der Waals surface area contributed by atoms with Crippen LogP contribution in [-0.2, 0) is 6.42 Å². The van der Waals surface area contributed by atoms with Gasteiger partial charge in [-0.3, -0.25) is 4.99 Å². The van der Waals surface area contributed by atoms with Gasteiger partial charge in [-0.15, -0.1) is 35.3 Å². The molecule has 0 saturated carbocycles. The van der Waals surface area contributed by atoms with Crippen molar-refractivity contribution in [2.45, 2.75) is 39.2 Å². The van der Waals surface area contributed by atoms with Crippen LogP contribution in [0.5, 0.6) is 0 Å². The van der Waals surface area contributed by atoms with Crippen LogP contribution >= 0.6 is 35.3 Å². The molecule has 0 bridgehead atoms. The van der Waals surface area contributed by atoms with E-state index in [0.717, 1.165) is 25.5 Å². The molecule has 1 rings (SSSR count). The molecule has 0 amide bonds. The molecule has 2 N–H and O–H groups in total. The normalized spacial score (nSPS) is 13.1. The summed E-state index contributed by atoms with van der Waals surface area (Å²) in [6.07, 6.45) is 3.47. The number of aliphatic imine (C=N–C) groups is 1. The number of guanidine groups is 1. The summed E-state index contributed by atoms with van der Waals surface area (Å²) in [6, 6.07) is 4.81. The van der Waals surface area contributed by atoms with Crippen LogP contribution in [0.2, 0.25) is 0 Å². The molecule has 1 unspecified atom stereocenters. The predicted molar refractivity (Wildman–Crippen MR) is 114 cm³/mol. The molecule has 6 heteroatoms. The van der Waals surface area contributed by atoms with E-state index in [1.807, 2.05) is 18.4 Å². The topological polar surface area (TPSA) is 39.7 Å². The molecular weight excluding hydrogens is 419 g/mol. The molecule has 1 aromatic heterocycles. The van der Waals surface area contributed by atoms with Gasteiger partial charge in [0, 0.05) is 31.1 Å². The van der Waals surface area contributed by atoms with Gasteiger partial charge in [0.2, 0.25) is 0 Å². The second kappa shape index (κ2) is 13.0. The summed E-state index contributed by atoms with van der Waals surface area (Å²) in [5, 5.41) is 9.01. The largest absolute Gasteiger partial charge is 0.356 e. The molecule has 4 nitrogen and oxygen atoms in total. The summed E-state index contributed by atoms with van der Waals surface area (Å²) in [7, 11) is 6.16. The fourth-order valence-electron chi connectivity index (χ4n) is 2.78. The maximum Gasteiger partial charge on any atom is 0.191 e. The van der Waals surface area contributed by atoms with Gasteiger partial charge in [-0.25, -0.2) is 0 Å². The lowest BCUT2D eigenvalue weighted by molar-refractivity contribution is 0.200. The highest BCUT2D eigenvalue weighted by atomic mass is 127. The summed E-state index contributed by atoms with van der Waals surface area (Å²) in [5.41, 5.74) is 0. The Morgan fingerprint density at radius 3 is 2.43 bits per heavy atom. The lowest BCUT2D eigenvalue weighted by atomic mass is 9.93. The van der Waals surface area contributed by atoms with Gasteiger partial charge in [0.15, 0.2) is 5.96 Å². The maximum atomic E-state index is 4.33. The molecule has 1 aromatic rings. The van der Waals surface area contributed by atoms with E-state index in [2.05, 4.69) is 66.0 Å². The number of rotatable bonds is 9. The second-order valence-corrected chi connectivity index (χ2v) is 6.85. The van der Waals surface area contributed by atoms with Crippen molar-refractivity contribution in [3.63, 3.8) is 0 Å². The van der Waals surface area contributed by atoms with E-state index in [4.69, 9.17) is 0 Å². The molecule has 1 heterocycles. The van der Waals surface area contributed by atoms with E-state index in [-0.39, 0.29) is 24.0 Å². The molecule has 0 aliphatic rings. The summed E-state index contributed by atoms with van der Waals surface area (Å²) in [4.78, 5) is 8.06. The summed E-state index contributed by atoms with van der Waals surface area (Å²) < 4.78 is 0. The summed E-state index contributed by atoms with van der Waals surface area (Å²) >= 11 is 1.81. The van der Waals surface area contributed by atoms with Crippen molar-refractivity contribution < 1.29 is 0 Å². The van der Waals surface area contributed by atoms with Crippen molar-refractivity contribution in [2.75, 3.05) is 34.2 Å². The van der Waals surface area contributed by atoms with Gasteiger partial charge in [0.1, 0.15) is 0 Å². The Bertz CT molecular complexity index is 416. The molecule has 0 saturated heterocycles. The van der Waals surface area contributed by atoms with Crippen molar-refractivity contribution >= 4 is 41.3 Å². The number of halogens is 1. The third-order valence-corrected chi connectivity index (χ3v) is 5.14. The van der Waals surface area contributed by atoms with Gasteiger partial charge in [-0.1, -0.05) is 32.8 Å². The second-order valence-electron chi connectivity index (χ2n) is 5.82. The zero-order chi connectivity index (χ0) is 16.4. The van der Waals surface area contributed by atoms with Crippen molar-refractivity contribution in [2.24, 2.45) is 10.9 Å². The molecule has 0 aliphatic carbocycles. The van der Waals surface area contributed by atoms with E-state index >= 15 is 0 Å². The first kappa shape index (κ1) is 22.7. The molecular formula is C17H33IN4S. The number of hydrogen-bond donors (Lipinski definition) is 2. The average Bonchev–Trinajstić information content (AvgIpc) is 3.02. The Morgan fingerprint density at radius 1 is 1.26 bits per heavy atom. The lowest BCUT2D eigenvalue weighted by Gasteiger charge is -2.32. The number of likely N-dealkylation sites (N-methyl/N-ethyl adjacent to an activating group) is 1. The Kier molecular flexibility index (Phi) is 12.8. The average molecular weight is 452 g/mol. The predicted octanol–water partition coefficient (Wildman–Crippen LogP) is 3.44.